The molecule has 0 aliphatic rings. The van der Waals surface area contributed by atoms with Gasteiger partial charge >= 0.3 is 23.9 Å². The number of carbonyl (C=O) groups is 4. The van der Waals surface area contributed by atoms with Crippen molar-refractivity contribution in [2.75, 3.05) is 39.6 Å². The number of unbranched alkanes of at least 4 members (excludes halogenated alkanes) is 32. The number of aliphatic hydroxyl groups is 1. The van der Waals surface area contributed by atoms with Gasteiger partial charge in [0.1, 0.15) is 19.3 Å². The molecule has 0 aromatic carbocycles. The van der Waals surface area contributed by atoms with E-state index in [-0.39, 0.29) is 25.7 Å². The molecule has 0 saturated heterocycles. The first-order valence-electron chi connectivity index (χ1n) is 39.4. The lowest BCUT2D eigenvalue weighted by molar-refractivity contribution is -0.233. The Morgan fingerprint density at radius 2 is 0.500 bits per heavy atom. The van der Waals surface area contributed by atoms with Crippen LogP contribution in [0, 0.1) is 0 Å². The number of phosphoric acid groups is 2. The summed E-state index contributed by atoms with van der Waals surface area (Å²) in [5.74, 6) is -2.34. The van der Waals surface area contributed by atoms with E-state index in [1.807, 2.05) is 0 Å². The Balaban J connectivity index is 5.41. The molecule has 0 aromatic rings. The zero-order valence-electron chi connectivity index (χ0n) is 63.0. The topological polar surface area (TPSA) is 243 Å². The van der Waals surface area contributed by atoms with Crippen molar-refractivity contribution in [3.8, 4) is 0 Å². The molecule has 0 aliphatic carbocycles. The number of hydrogen-bond donors (Lipinski definition) is 1. The first-order valence-corrected chi connectivity index (χ1v) is 42.4. The molecule has 17 nitrogen and oxygen atoms in total. The van der Waals surface area contributed by atoms with Gasteiger partial charge in [-0.2, -0.15) is 0 Å². The van der Waals surface area contributed by atoms with Gasteiger partial charge in [-0.25, -0.2) is 0 Å². The second kappa shape index (κ2) is 73.3. The van der Waals surface area contributed by atoms with Crippen LogP contribution in [0.25, 0.3) is 0 Å². The average molecular weight is 1450 g/mol. The van der Waals surface area contributed by atoms with E-state index in [0.717, 1.165) is 154 Å². The monoisotopic (exact) mass is 1450 g/mol. The minimum atomic E-state index is -5.25. The first-order chi connectivity index (χ1) is 48.7. The molecule has 5 atom stereocenters. The van der Waals surface area contributed by atoms with E-state index in [4.69, 9.17) is 37.0 Å². The maximum Gasteiger partial charge on any atom is 0.306 e. The number of esters is 4. The van der Waals surface area contributed by atoms with Crippen molar-refractivity contribution in [1.82, 2.24) is 0 Å². The van der Waals surface area contributed by atoms with Gasteiger partial charge in [-0.15, -0.1) is 0 Å². The second-order valence-corrected chi connectivity index (χ2v) is 29.1. The van der Waals surface area contributed by atoms with E-state index in [9.17, 15) is 43.2 Å². The zero-order chi connectivity index (χ0) is 73.2. The summed E-state index contributed by atoms with van der Waals surface area (Å²) in [6.45, 7) is 4.34. The highest BCUT2D eigenvalue weighted by atomic mass is 31.2. The number of aliphatic hydroxyl groups excluding tert-OH is 1. The molecular formula is C81H140O17P2-2. The van der Waals surface area contributed by atoms with E-state index in [1.54, 1.807) is 0 Å². The summed E-state index contributed by atoms with van der Waals surface area (Å²) in [5, 5.41) is 10.6. The summed E-state index contributed by atoms with van der Waals surface area (Å²) in [5.41, 5.74) is 0. The molecule has 0 amide bonds. The largest absolute Gasteiger partial charge is 0.756 e. The predicted molar refractivity (Wildman–Crippen MR) is 404 cm³/mol. The van der Waals surface area contributed by atoms with Gasteiger partial charge in [0.05, 0.1) is 26.4 Å². The molecule has 578 valence electrons. The molecule has 19 heteroatoms. The zero-order valence-corrected chi connectivity index (χ0v) is 64.8. The molecule has 0 heterocycles. The van der Waals surface area contributed by atoms with Gasteiger partial charge in [-0.1, -0.05) is 253 Å². The summed E-state index contributed by atoms with van der Waals surface area (Å²) < 4.78 is 67.6. The van der Waals surface area contributed by atoms with E-state index in [2.05, 4.69) is 125 Å². The number of hydrogen-bond acceptors (Lipinski definition) is 17. The highest BCUT2D eigenvalue weighted by molar-refractivity contribution is 7.46. The summed E-state index contributed by atoms with van der Waals surface area (Å²) in [6, 6.07) is 0. The van der Waals surface area contributed by atoms with Crippen LogP contribution in [0.4, 0.5) is 0 Å². The normalized spacial score (nSPS) is 14.4. The molecule has 1 N–H and O–H groups in total. The molecule has 0 aromatic heterocycles. The molecule has 0 fully saturated rings. The predicted octanol–water partition coefficient (Wildman–Crippen LogP) is 21.5. The summed E-state index contributed by atoms with van der Waals surface area (Å²) in [4.78, 5) is 77.6. The van der Waals surface area contributed by atoms with Crippen molar-refractivity contribution >= 4 is 39.5 Å². The lowest BCUT2D eigenvalue weighted by Gasteiger charge is -2.28. The maximum absolute atomic E-state index is 13.0. The van der Waals surface area contributed by atoms with Crippen molar-refractivity contribution in [3.05, 3.63) is 97.2 Å². The van der Waals surface area contributed by atoms with Crippen LogP contribution in [0.15, 0.2) is 97.2 Å². The quantitative estimate of drug-likeness (QED) is 0.0196. The van der Waals surface area contributed by atoms with Crippen LogP contribution in [0.1, 0.15) is 336 Å². The van der Waals surface area contributed by atoms with Crippen LogP contribution in [0.3, 0.4) is 0 Å². The number of carbonyl (C=O) groups excluding carboxylic acids is 4. The third-order valence-electron chi connectivity index (χ3n) is 16.5. The number of phosphoric ester groups is 2. The van der Waals surface area contributed by atoms with Crippen molar-refractivity contribution in [2.24, 2.45) is 0 Å². The minimum absolute atomic E-state index is 0.0480. The SMILES string of the molecule is CCCCCCC=CC/C=C\CCCCCCC(=O)OCC(COP(=O)([O-])OCC(O)COP(=O)([O-])OCC(COC(=O)CCCCCC/C=C\C/C=C\CCCCCC)OC(=O)CCCCCC/C=C\CC=CCCCCCC)OC(=O)CCCCCC/C=C\C/C=C\CCCCCC. The Kier molecular flexibility index (Phi) is 70.4. The van der Waals surface area contributed by atoms with Gasteiger partial charge in [0, 0.05) is 25.7 Å². The van der Waals surface area contributed by atoms with Crippen LogP contribution >= 0.6 is 15.6 Å². The lowest BCUT2D eigenvalue weighted by Crippen LogP contribution is -2.31. The van der Waals surface area contributed by atoms with E-state index >= 15 is 0 Å². The van der Waals surface area contributed by atoms with Crippen LogP contribution in [-0.2, 0) is 65.4 Å². The third-order valence-corrected chi connectivity index (χ3v) is 18.3. The average Bonchev–Trinajstić information content (AvgIpc) is 1.01. The molecule has 5 unspecified atom stereocenters. The van der Waals surface area contributed by atoms with E-state index < -0.39 is 97.5 Å². The molecule has 0 aliphatic heterocycles. The van der Waals surface area contributed by atoms with Crippen molar-refractivity contribution in [2.45, 2.75) is 354 Å². The van der Waals surface area contributed by atoms with E-state index in [0.29, 0.717) is 25.7 Å². The van der Waals surface area contributed by atoms with E-state index in [1.165, 1.54) is 103 Å². The number of allylic oxidation sites excluding steroid dienone is 16. The molecule has 0 radical (unpaired) electrons. The standard InChI is InChI=1S/C81H142O17P2/c1-5-9-13-17-21-25-29-33-37-41-45-49-53-57-61-65-78(83)91-71-76(97-80(85)67-63-59-55-51-47-43-39-35-31-27-23-19-15-11-7-3)73-95-99(87,88)93-69-75(82)70-94-100(89,90)96-74-77(98-81(86)68-64-60-56-52-48-44-40-36-32-28-24-20-16-12-8-4)72-92-79(84)66-62-58-54-50-46-42-38-34-30-26-22-18-14-10-6-2/h25-32,37-44,75-77,82H,5-24,33-36,45-74H2,1-4H3,(H,87,88)(H,89,90)/p-2/b29-25-,30-26?,31-27?,32-28-,41-37-,42-38-,43-39-,44-40-. The van der Waals surface area contributed by atoms with Crippen LogP contribution in [0.2, 0.25) is 0 Å². The molecule has 100 heavy (non-hydrogen) atoms. The van der Waals surface area contributed by atoms with Gasteiger partial charge in [0.2, 0.25) is 0 Å². The highest BCUT2D eigenvalue weighted by Gasteiger charge is 2.25. The fourth-order valence-electron chi connectivity index (χ4n) is 10.4. The Hall–Kier alpha value is -4.02. The lowest BCUT2D eigenvalue weighted by atomic mass is 10.1. The fraction of sp³-hybridized carbons (Fsp3) is 0.753. The first kappa shape index (κ1) is 96.0. The van der Waals surface area contributed by atoms with Crippen LogP contribution < -0.4 is 9.79 Å². The van der Waals surface area contributed by atoms with Crippen molar-refractivity contribution < 1.29 is 80.2 Å². The number of rotatable bonds is 74. The van der Waals surface area contributed by atoms with Gasteiger partial charge in [0.15, 0.2) is 12.2 Å². The highest BCUT2D eigenvalue weighted by Crippen LogP contribution is 2.41. The van der Waals surface area contributed by atoms with Crippen molar-refractivity contribution in [1.29, 1.82) is 0 Å². The smallest absolute Gasteiger partial charge is 0.306 e. The summed E-state index contributed by atoms with van der Waals surface area (Å²) in [7, 11) is -10.5. The Morgan fingerprint density at radius 1 is 0.290 bits per heavy atom. The maximum atomic E-state index is 13.0. The molecule has 0 bridgehead atoms. The molecule has 0 saturated carbocycles. The molecular weight excluding hydrogens is 1310 g/mol. The molecule has 0 spiro atoms. The Bertz CT molecular complexity index is 2120. The van der Waals surface area contributed by atoms with Crippen molar-refractivity contribution in [3.63, 3.8) is 0 Å². The van der Waals surface area contributed by atoms with Crippen LogP contribution in [0.5, 0.6) is 0 Å². The Labute approximate surface area is 607 Å². The fourth-order valence-corrected chi connectivity index (χ4v) is 11.9. The van der Waals surface area contributed by atoms with Gasteiger partial charge in [0.25, 0.3) is 15.6 Å². The second-order valence-electron chi connectivity index (χ2n) is 26.2. The van der Waals surface area contributed by atoms with Gasteiger partial charge < -0.3 is 51.9 Å². The van der Waals surface area contributed by atoms with Gasteiger partial charge in [-0.3, -0.25) is 28.3 Å². The summed E-state index contributed by atoms with van der Waals surface area (Å²) in [6.07, 6.45) is 76.0. The Morgan fingerprint density at radius 3 is 0.740 bits per heavy atom. The third kappa shape index (κ3) is 72.3. The molecule has 0 rings (SSSR count). The van der Waals surface area contributed by atoms with Crippen LogP contribution in [-0.4, -0.2) is 86.9 Å². The van der Waals surface area contributed by atoms with Gasteiger partial charge in [-0.05, 0) is 154 Å². The summed E-state index contributed by atoms with van der Waals surface area (Å²) >= 11 is 0. The number of ether oxygens (including phenoxy) is 4. The minimum Gasteiger partial charge on any atom is -0.756 e.